The van der Waals surface area contributed by atoms with Crippen molar-refractivity contribution >= 4 is 11.8 Å². The highest BCUT2D eigenvalue weighted by molar-refractivity contribution is 6.07. The number of hydrogen-bond donors (Lipinski definition) is 3. The molecule has 8 nitrogen and oxygen atoms in total. The molecule has 3 aromatic carbocycles. The second-order valence-electron chi connectivity index (χ2n) is 8.06. The lowest BCUT2D eigenvalue weighted by atomic mass is 10.0. The summed E-state index contributed by atoms with van der Waals surface area (Å²) in [5, 5.41) is 15.8. The number of rotatable bonds is 9. The largest absolute Gasteiger partial charge is 0.356 e. The molecular formula is C27H25N3O5. The third-order valence-electron chi connectivity index (χ3n) is 5.60. The van der Waals surface area contributed by atoms with Gasteiger partial charge >= 0.3 is 0 Å². The summed E-state index contributed by atoms with van der Waals surface area (Å²) < 4.78 is 11.0. The van der Waals surface area contributed by atoms with E-state index >= 15 is 0 Å². The first-order chi connectivity index (χ1) is 17.0. The van der Waals surface area contributed by atoms with Crippen molar-refractivity contribution in [2.45, 2.75) is 25.7 Å². The van der Waals surface area contributed by atoms with E-state index in [-0.39, 0.29) is 13.2 Å². The average Bonchev–Trinajstić information content (AvgIpc) is 3.40. The topological polar surface area (TPSA) is 114 Å². The van der Waals surface area contributed by atoms with Crippen LogP contribution in [-0.2, 0) is 27.5 Å². The molecule has 8 heteroatoms. The molecule has 0 fully saturated rings. The van der Waals surface area contributed by atoms with Crippen LogP contribution in [-0.4, -0.2) is 27.8 Å². The van der Waals surface area contributed by atoms with E-state index in [1.54, 1.807) is 6.07 Å². The molecule has 0 saturated heterocycles. The lowest BCUT2D eigenvalue weighted by molar-refractivity contribution is -0.166. The van der Waals surface area contributed by atoms with Gasteiger partial charge in [0.2, 0.25) is 5.60 Å². The molecule has 0 aliphatic rings. The fourth-order valence-corrected chi connectivity index (χ4v) is 3.47. The first-order valence-corrected chi connectivity index (χ1v) is 11.0. The van der Waals surface area contributed by atoms with Crippen molar-refractivity contribution in [1.29, 1.82) is 0 Å². The number of amides is 2. The Morgan fingerprint density at radius 3 is 2.11 bits per heavy atom. The molecule has 1 unspecified atom stereocenters. The first-order valence-electron chi connectivity index (χ1n) is 11.0. The van der Waals surface area contributed by atoms with Gasteiger partial charge in [-0.1, -0.05) is 90.1 Å². The number of hydrogen-bond acceptors (Lipinski definition) is 6. The number of hydroxylamine groups is 1. The Balaban J connectivity index is 1.40. The predicted molar refractivity (Wildman–Crippen MR) is 129 cm³/mol. The van der Waals surface area contributed by atoms with Crippen LogP contribution in [0.25, 0.3) is 22.5 Å². The van der Waals surface area contributed by atoms with Gasteiger partial charge in [-0.2, -0.15) is 0 Å². The number of benzene rings is 3. The van der Waals surface area contributed by atoms with Crippen molar-refractivity contribution in [2.75, 3.05) is 0 Å². The third kappa shape index (κ3) is 5.63. The molecular weight excluding hydrogens is 446 g/mol. The quantitative estimate of drug-likeness (QED) is 0.192. The normalized spacial score (nSPS) is 12.5. The monoisotopic (exact) mass is 471 g/mol. The molecule has 4 aromatic rings. The number of carbonyl (C=O) groups excluding carboxylic acids is 2. The minimum Gasteiger partial charge on any atom is -0.356 e. The summed E-state index contributed by atoms with van der Waals surface area (Å²) in [5.74, 6) is -1.16. The highest BCUT2D eigenvalue weighted by atomic mass is 16.5. The van der Waals surface area contributed by atoms with Gasteiger partial charge in [0.1, 0.15) is 5.69 Å². The van der Waals surface area contributed by atoms with E-state index in [9.17, 15) is 14.8 Å². The van der Waals surface area contributed by atoms with Crippen LogP contribution in [0.4, 0.5) is 0 Å². The van der Waals surface area contributed by atoms with Crippen LogP contribution in [0.15, 0.2) is 95.5 Å². The van der Waals surface area contributed by atoms with Gasteiger partial charge < -0.3 is 14.6 Å². The van der Waals surface area contributed by atoms with E-state index < -0.39 is 17.4 Å². The van der Waals surface area contributed by atoms with Crippen molar-refractivity contribution in [2.24, 2.45) is 0 Å². The molecule has 1 heterocycles. The average molecular weight is 472 g/mol. The van der Waals surface area contributed by atoms with Crippen LogP contribution in [0.5, 0.6) is 0 Å². The van der Waals surface area contributed by atoms with Crippen LogP contribution in [0, 0.1) is 0 Å². The van der Waals surface area contributed by atoms with E-state index in [0.717, 1.165) is 22.3 Å². The van der Waals surface area contributed by atoms with E-state index in [2.05, 4.69) is 10.5 Å². The second kappa shape index (κ2) is 10.8. The van der Waals surface area contributed by atoms with Crippen molar-refractivity contribution in [1.82, 2.24) is 16.0 Å². The molecule has 3 N–H and O–H groups in total. The maximum absolute atomic E-state index is 12.9. The highest BCUT2D eigenvalue weighted by Crippen LogP contribution is 2.22. The van der Waals surface area contributed by atoms with Crippen LogP contribution in [0.1, 0.15) is 18.2 Å². The number of aromatic nitrogens is 1. The maximum atomic E-state index is 12.9. The number of nitrogens with one attached hydrogen (secondary N) is 2. The first kappa shape index (κ1) is 23.9. The zero-order valence-corrected chi connectivity index (χ0v) is 19.1. The van der Waals surface area contributed by atoms with Crippen LogP contribution in [0.2, 0.25) is 0 Å². The summed E-state index contributed by atoms with van der Waals surface area (Å²) in [6.07, 6.45) is 0. The summed E-state index contributed by atoms with van der Waals surface area (Å²) in [5.41, 5.74) is 3.74. The van der Waals surface area contributed by atoms with E-state index in [1.165, 1.54) is 12.4 Å². The van der Waals surface area contributed by atoms with Crippen molar-refractivity contribution in [3.63, 3.8) is 0 Å². The molecule has 2 amide bonds. The molecule has 0 radical (unpaired) electrons. The van der Waals surface area contributed by atoms with Gasteiger partial charge in [0.05, 0.1) is 13.2 Å². The highest BCUT2D eigenvalue weighted by Gasteiger charge is 2.42. The molecule has 0 spiro atoms. The van der Waals surface area contributed by atoms with Crippen LogP contribution < -0.4 is 10.8 Å². The Hall–Kier alpha value is -4.27. The molecule has 0 saturated carbocycles. The SMILES string of the molecule is CC(OCc1ccc(-c2ccccc2)cc1)(C(=O)NO)C(=O)NCc1cc(-c2ccccc2)on1. The van der Waals surface area contributed by atoms with Gasteiger partial charge in [0, 0.05) is 11.6 Å². The number of ether oxygens (including phenoxy) is 1. The summed E-state index contributed by atoms with van der Waals surface area (Å²) in [6, 6.07) is 28.6. The summed E-state index contributed by atoms with van der Waals surface area (Å²) >= 11 is 0. The van der Waals surface area contributed by atoms with Gasteiger partial charge in [0.15, 0.2) is 5.76 Å². The maximum Gasteiger partial charge on any atom is 0.285 e. The standard InChI is InChI=1S/C27H25N3O5/c1-27(26(32)29-33,34-18-19-12-14-21(15-13-19)20-8-4-2-5-9-20)25(31)28-17-23-16-24(35-30-23)22-10-6-3-7-11-22/h2-16,33H,17-18H2,1H3,(H,28,31)(H,29,32). The Bertz CT molecular complexity index is 1270. The van der Waals surface area contributed by atoms with E-state index in [4.69, 9.17) is 9.26 Å². The minimum atomic E-state index is -1.97. The zero-order valence-electron chi connectivity index (χ0n) is 19.1. The lowest BCUT2D eigenvalue weighted by Gasteiger charge is -2.26. The Kier molecular flexibility index (Phi) is 7.35. The van der Waals surface area contributed by atoms with Crippen molar-refractivity contribution in [3.8, 4) is 22.5 Å². The minimum absolute atomic E-state index is 0.0125. The summed E-state index contributed by atoms with van der Waals surface area (Å²) in [6.45, 7) is 1.29. The van der Waals surface area contributed by atoms with E-state index in [0.29, 0.717) is 11.5 Å². The van der Waals surface area contributed by atoms with Gasteiger partial charge in [-0.25, -0.2) is 5.48 Å². The fourth-order valence-electron chi connectivity index (χ4n) is 3.47. The van der Waals surface area contributed by atoms with Crippen molar-refractivity contribution < 1.29 is 24.1 Å². The summed E-state index contributed by atoms with van der Waals surface area (Å²) in [4.78, 5) is 25.3. The molecule has 1 atom stereocenters. The zero-order chi connectivity index (χ0) is 24.7. The Labute approximate surface area is 202 Å². The lowest BCUT2D eigenvalue weighted by Crippen LogP contribution is -2.56. The molecule has 0 aliphatic heterocycles. The molecule has 178 valence electrons. The second-order valence-corrected chi connectivity index (χ2v) is 8.06. The van der Waals surface area contributed by atoms with Crippen LogP contribution >= 0.6 is 0 Å². The molecule has 1 aromatic heterocycles. The van der Waals surface area contributed by atoms with Gasteiger partial charge in [-0.3, -0.25) is 14.8 Å². The number of carbonyl (C=O) groups is 2. The predicted octanol–water partition coefficient (Wildman–Crippen LogP) is 4.11. The molecule has 4 rings (SSSR count). The fraction of sp³-hybridized carbons (Fsp3) is 0.148. The number of nitrogens with zero attached hydrogens (tertiary/aromatic N) is 1. The molecule has 35 heavy (non-hydrogen) atoms. The molecule has 0 aliphatic carbocycles. The summed E-state index contributed by atoms with van der Waals surface area (Å²) in [7, 11) is 0. The molecule has 0 bridgehead atoms. The smallest absolute Gasteiger partial charge is 0.285 e. The van der Waals surface area contributed by atoms with Crippen LogP contribution in [0.3, 0.4) is 0 Å². The Morgan fingerprint density at radius 1 is 0.886 bits per heavy atom. The Morgan fingerprint density at radius 2 is 1.49 bits per heavy atom. The van der Waals surface area contributed by atoms with Gasteiger partial charge in [-0.05, 0) is 23.6 Å². The third-order valence-corrected chi connectivity index (χ3v) is 5.60. The van der Waals surface area contributed by atoms with Gasteiger partial charge in [-0.15, -0.1) is 0 Å². The van der Waals surface area contributed by atoms with E-state index in [1.807, 2.05) is 84.9 Å². The van der Waals surface area contributed by atoms with Crippen molar-refractivity contribution in [3.05, 3.63) is 102 Å². The van der Waals surface area contributed by atoms with Gasteiger partial charge in [0.25, 0.3) is 11.8 Å².